The Labute approximate surface area is 277 Å². The Morgan fingerprint density at radius 3 is 2.04 bits per heavy atom. The van der Waals surface area contributed by atoms with Gasteiger partial charge in [-0.15, -0.1) is 0 Å². The summed E-state index contributed by atoms with van der Waals surface area (Å²) in [6.07, 6.45) is -1.42. The van der Waals surface area contributed by atoms with E-state index in [-0.39, 0.29) is 12.5 Å². The van der Waals surface area contributed by atoms with Gasteiger partial charge in [0.15, 0.2) is 6.23 Å². The number of aliphatic hydroxyl groups is 2. The van der Waals surface area contributed by atoms with E-state index in [1.165, 1.54) is 6.33 Å². The first-order valence-corrected chi connectivity index (χ1v) is 15.6. The Hall–Kier alpha value is -5.39. The highest BCUT2D eigenvalue weighted by Gasteiger charge is 2.46. The van der Waals surface area contributed by atoms with Gasteiger partial charge in [-0.05, 0) is 47.0 Å². The fraction of sp³-hybridized carbons (Fsp3) is 0.184. The van der Waals surface area contributed by atoms with Gasteiger partial charge in [0.1, 0.15) is 47.5 Å². The zero-order valence-corrected chi connectivity index (χ0v) is 26.1. The molecule has 1 saturated heterocycles. The molecule has 6 aromatic rings. The number of carbonyl (C=O) groups is 1. The molecule has 0 aliphatic carbocycles. The molecule has 1 fully saturated rings. The number of amides is 1. The fourth-order valence-electron chi connectivity index (χ4n) is 6.27. The molecule has 1 aliphatic heterocycles. The highest BCUT2D eigenvalue weighted by atomic mass is 16.6. The van der Waals surface area contributed by atoms with Crippen LogP contribution in [0.3, 0.4) is 0 Å². The van der Waals surface area contributed by atoms with Gasteiger partial charge in [0, 0.05) is 11.8 Å². The van der Waals surface area contributed by atoms with E-state index in [1.807, 2.05) is 91.0 Å². The molecular formula is C38H34N4O6. The predicted octanol–water partition coefficient (Wildman–Crippen LogP) is 5.32. The lowest BCUT2D eigenvalue weighted by molar-refractivity contribution is -0.0941. The van der Waals surface area contributed by atoms with E-state index in [1.54, 1.807) is 48.2 Å². The van der Waals surface area contributed by atoms with Crippen LogP contribution in [-0.2, 0) is 15.1 Å². The Morgan fingerprint density at radius 2 is 1.42 bits per heavy atom. The average molecular weight is 643 g/mol. The number of rotatable bonds is 10. The van der Waals surface area contributed by atoms with Gasteiger partial charge in [0.05, 0.1) is 19.1 Å². The largest absolute Gasteiger partial charge is 0.497 e. The third kappa shape index (κ3) is 5.71. The lowest BCUT2D eigenvalue weighted by Gasteiger charge is -2.37. The number of aliphatic hydroxyl groups excluding tert-OH is 2. The summed E-state index contributed by atoms with van der Waals surface area (Å²) in [6.45, 7) is -0.0584. The van der Waals surface area contributed by atoms with E-state index < -0.39 is 30.1 Å². The lowest BCUT2D eigenvalue weighted by atomic mass is 9.80. The summed E-state index contributed by atoms with van der Waals surface area (Å²) in [5, 5.41) is 26.0. The van der Waals surface area contributed by atoms with Crippen LogP contribution < -0.4 is 10.1 Å². The monoisotopic (exact) mass is 642 g/mol. The molecule has 4 aromatic carbocycles. The van der Waals surface area contributed by atoms with Gasteiger partial charge < -0.3 is 34.3 Å². The molecule has 3 N–H and O–H groups in total. The number of anilines is 1. The molecule has 242 valence electrons. The predicted molar refractivity (Wildman–Crippen MR) is 180 cm³/mol. The Bertz CT molecular complexity index is 1950. The van der Waals surface area contributed by atoms with Crippen molar-refractivity contribution in [2.24, 2.45) is 0 Å². The number of methoxy groups -OCH3 is 1. The minimum absolute atomic E-state index is 0.0584. The van der Waals surface area contributed by atoms with Gasteiger partial charge in [-0.3, -0.25) is 4.79 Å². The van der Waals surface area contributed by atoms with Crippen molar-refractivity contribution in [3.63, 3.8) is 0 Å². The molecule has 0 radical (unpaired) electrons. The first-order valence-electron chi connectivity index (χ1n) is 15.6. The van der Waals surface area contributed by atoms with Crippen molar-refractivity contribution >= 4 is 22.8 Å². The molecule has 10 heteroatoms. The van der Waals surface area contributed by atoms with Crippen molar-refractivity contribution < 1.29 is 29.2 Å². The average Bonchev–Trinajstić information content (AvgIpc) is 3.70. The second kappa shape index (κ2) is 13.4. The maximum Gasteiger partial charge on any atom is 0.256 e. The molecule has 0 spiro atoms. The highest BCUT2D eigenvalue weighted by Crippen LogP contribution is 2.42. The maximum absolute atomic E-state index is 12.9. The van der Waals surface area contributed by atoms with Crippen LogP contribution in [0.25, 0.3) is 11.0 Å². The van der Waals surface area contributed by atoms with Crippen LogP contribution in [0.4, 0.5) is 5.82 Å². The van der Waals surface area contributed by atoms with E-state index in [9.17, 15) is 15.0 Å². The van der Waals surface area contributed by atoms with Crippen molar-refractivity contribution in [3.8, 4) is 5.75 Å². The summed E-state index contributed by atoms with van der Waals surface area (Å²) in [5.41, 5.74) is 2.44. The summed E-state index contributed by atoms with van der Waals surface area (Å²) < 4.78 is 20.3. The van der Waals surface area contributed by atoms with Gasteiger partial charge in [0.25, 0.3) is 5.91 Å². The fourth-order valence-corrected chi connectivity index (χ4v) is 6.27. The number of benzene rings is 4. The van der Waals surface area contributed by atoms with Crippen LogP contribution in [0.5, 0.6) is 5.75 Å². The maximum atomic E-state index is 12.9. The zero-order valence-electron chi connectivity index (χ0n) is 26.1. The molecule has 48 heavy (non-hydrogen) atoms. The second-order valence-electron chi connectivity index (χ2n) is 11.5. The third-order valence-corrected chi connectivity index (χ3v) is 8.71. The Morgan fingerprint density at radius 1 is 0.812 bits per heavy atom. The number of fused-ring (bicyclic) bond motifs is 1. The van der Waals surface area contributed by atoms with E-state index in [0.29, 0.717) is 28.2 Å². The summed E-state index contributed by atoms with van der Waals surface area (Å²) >= 11 is 0. The van der Waals surface area contributed by atoms with Crippen molar-refractivity contribution in [3.05, 3.63) is 156 Å². The van der Waals surface area contributed by atoms with E-state index in [2.05, 4.69) is 15.3 Å². The summed E-state index contributed by atoms with van der Waals surface area (Å²) in [5.74, 6) is 0.709. The van der Waals surface area contributed by atoms with Crippen LogP contribution in [-0.4, -0.2) is 62.7 Å². The molecule has 4 atom stereocenters. The SMILES string of the molecule is COc1ccc(C(OC[C@H]2O[C@@H](n3ccc4c(NC(=O)c5ccccc5)ncnc43)[C@H](O)[C@@H]2O)(c2ccccc2)c2ccccc2)cc1. The van der Waals surface area contributed by atoms with Gasteiger partial charge in [0.2, 0.25) is 0 Å². The number of aromatic nitrogens is 3. The number of hydrogen-bond acceptors (Lipinski definition) is 8. The first kappa shape index (κ1) is 31.2. The van der Waals surface area contributed by atoms with Crippen molar-refractivity contribution in [2.75, 3.05) is 19.0 Å². The third-order valence-electron chi connectivity index (χ3n) is 8.71. The summed E-state index contributed by atoms with van der Waals surface area (Å²) in [4.78, 5) is 21.5. The normalized spacial score (nSPS) is 19.3. The van der Waals surface area contributed by atoms with Crippen LogP contribution >= 0.6 is 0 Å². The molecule has 3 heterocycles. The molecule has 1 aliphatic rings. The first-order chi connectivity index (χ1) is 23.5. The van der Waals surface area contributed by atoms with E-state index >= 15 is 0 Å². The number of nitrogens with zero attached hydrogens (tertiary/aromatic N) is 3. The quantitative estimate of drug-likeness (QED) is 0.171. The van der Waals surface area contributed by atoms with Crippen molar-refractivity contribution in [1.29, 1.82) is 0 Å². The van der Waals surface area contributed by atoms with Crippen LogP contribution in [0, 0.1) is 0 Å². The van der Waals surface area contributed by atoms with E-state index in [0.717, 1.165) is 16.7 Å². The van der Waals surface area contributed by atoms with Gasteiger partial charge in [-0.25, -0.2) is 9.97 Å². The highest BCUT2D eigenvalue weighted by molar-refractivity contribution is 6.07. The second-order valence-corrected chi connectivity index (χ2v) is 11.5. The Kier molecular flexibility index (Phi) is 8.70. The molecule has 10 nitrogen and oxygen atoms in total. The minimum atomic E-state index is -1.30. The smallest absolute Gasteiger partial charge is 0.256 e. The molecule has 0 bridgehead atoms. The van der Waals surface area contributed by atoms with Crippen molar-refractivity contribution in [1.82, 2.24) is 14.5 Å². The Balaban J connectivity index is 1.19. The van der Waals surface area contributed by atoms with E-state index in [4.69, 9.17) is 14.2 Å². The van der Waals surface area contributed by atoms with Crippen molar-refractivity contribution in [2.45, 2.75) is 30.1 Å². The number of carbonyl (C=O) groups excluding carboxylic acids is 1. The molecule has 0 saturated carbocycles. The summed E-state index contributed by atoms with van der Waals surface area (Å²) in [6, 6.07) is 38.0. The molecular weight excluding hydrogens is 608 g/mol. The summed E-state index contributed by atoms with van der Waals surface area (Å²) in [7, 11) is 1.62. The number of nitrogens with one attached hydrogen (secondary N) is 1. The minimum Gasteiger partial charge on any atom is -0.497 e. The topological polar surface area (TPSA) is 128 Å². The van der Waals surface area contributed by atoms with Crippen LogP contribution in [0.2, 0.25) is 0 Å². The van der Waals surface area contributed by atoms with Crippen LogP contribution in [0.1, 0.15) is 33.3 Å². The lowest BCUT2D eigenvalue weighted by Crippen LogP contribution is -2.39. The molecule has 2 aromatic heterocycles. The van der Waals surface area contributed by atoms with Crippen LogP contribution in [0.15, 0.2) is 134 Å². The van der Waals surface area contributed by atoms with Gasteiger partial charge in [-0.1, -0.05) is 91.0 Å². The standard InChI is InChI=1S/C38H34N4O6/c1-46-29-19-17-28(18-20-29)38(26-13-7-3-8-14-26,27-15-9-4-10-16-27)47-23-31-32(43)33(44)37(48-31)42-22-21-30-34(39-24-40-35(30)42)41-36(45)25-11-5-2-6-12-25/h2-22,24,31-33,37,43-44H,23H2,1H3,(H,39,40,41,45)/t31-,32-,33-,37-/m1/s1. The molecule has 1 amide bonds. The van der Waals surface area contributed by atoms with Gasteiger partial charge >= 0.3 is 0 Å². The number of ether oxygens (including phenoxy) is 3. The van der Waals surface area contributed by atoms with Gasteiger partial charge in [-0.2, -0.15) is 0 Å². The molecule has 7 rings (SSSR count). The zero-order chi connectivity index (χ0) is 33.1. The number of hydrogen-bond donors (Lipinski definition) is 3. The molecule has 0 unspecified atom stereocenters.